The van der Waals surface area contributed by atoms with E-state index in [1.54, 1.807) is 25.1 Å². The molecule has 5 heteroatoms. The SMILES string of the molecule is CC=Cc1nc2ccccc2nc1C(F)(F)F. The highest BCUT2D eigenvalue weighted by Gasteiger charge is 2.35. The highest BCUT2D eigenvalue weighted by molar-refractivity contribution is 5.75. The normalized spacial score (nSPS) is 12.5. The van der Waals surface area contributed by atoms with Crippen molar-refractivity contribution in [1.82, 2.24) is 9.97 Å². The molecule has 17 heavy (non-hydrogen) atoms. The van der Waals surface area contributed by atoms with E-state index in [9.17, 15) is 13.2 Å². The van der Waals surface area contributed by atoms with Gasteiger partial charge in [0.2, 0.25) is 0 Å². The molecule has 0 saturated carbocycles. The van der Waals surface area contributed by atoms with Crippen molar-refractivity contribution in [1.29, 1.82) is 0 Å². The maximum Gasteiger partial charge on any atom is 0.435 e. The van der Waals surface area contributed by atoms with Crippen LogP contribution in [0.5, 0.6) is 0 Å². The van der Waals surface area contributed by atoms with Crippen molar-refractivity contribution in [3.05, 3.63) is 41.7 Å². The first-order valence-electron chi connectivity index (χ1n) is 4.99. The predicted octanol–water partition coefficient (Wildman–Crippen LogP) is 3.68. The van der Waals surface area contributed by atoms with E-state index in [0.29, 0.717) is 5.52 Å². The Bertz CT molecular complexity index is 573. The molecule has 0 N–H and O–H groups in total. The molecule has 2 nitrogen and oxygen atoms in total. The van der Waals surface area contributed by atoms with Crippen molar-refractivity contribution in [3.63, 3.8) is 0 Å². The number of alkyl halides is 3. The van der Waals surface area contributed by atoms with E-state index in [-0.39, 0.29) is 11.2 Å². The first-order chi connectivity index (χ1) is 8.02. The zero-order chi connectivity index (χ0) is 12.5. The number of nitrogens with zero attached hydrogens (tertiary/aromatic N) is 2. The van der Waals surface area contributed by atoms with Crippen LogP contribution in [0.15, 0.2) is 30.3 Å². The molecule has 88 valence electrons. The minimum absolute atomic E-state index is 0.154. The molecular formula is C12H9F3N2. The van der Waals surface area contributed by atoms with Crippen LogP contribution in [0.2, 0.25) is 0 Å². The summed E-state index contributed by atoms with van der Waals surface area (Å²) in [5, 5.41) is 0. The minimum Gasteiger partial charge on any atom is -0.245 e. The van der Waals surface area contributed by atoms with Gasteiger partial charge in [-0.05, 0) is 25.1 Å². The van der Waals surface area contributed by atoms with Crippen molar-refractivity contribution in [2.24, 2.45) is 0 Å². The maximum absolute atomic E-state index is 12.8. The number of allylic oxidation sites excluding steroid dienone is 1. The lowest BCUT2D eigenvalue weighted by atomic mass is 10.2. The maximum atomic E-state index is 12.8. The fourth-order valence-corrected chi connectivity index (χ4v) is 1.50. The monoisotopic (exact) mass is 238 g/mol. The zero-order valence-electron chi connectivity index (χ0n) is 8.99. The number of benzene rings is 1. The van der Waals surface area contributed by atoms with Crippen LogP contribution in [-0.2, 0) is 6.18 Å². The fourth-order valence-electron chi connectivity index (χ4n) is 1.50. The summed E-state index contributed by atoms with van der Waals surface area (Å²) in [5.74, 6) is 0. The highest BCUT2D eigenvalue weighted by atomic mass is 19.4. The van der Waals surface area contributed by atoms with Crippen LogP contribution in [-0.4, -0.2) is 9.97 Å². The average Bonchev–Trinajstić information content (AvgIpc) is 2.27. The van der Waals surface area contributed by atoms with Crippen molar-refractivity contribution < 1.29 is 13.2 Å². The van der Waals surface area contributed by atoms with E-state index in [4.69, 9.17) is 0 Å². The predicted molar refractivity (Wildman–Crippen MR) is 59.2 cm³/mol. The van der Waals surface area contributed by atoms with Gasteiger partial charge in [0.25, 0.3) is 0 Å². The van der Waals surface area contributed by atoms with E-state index in [0.717, 1.165) is 0 Å². The molecule has 1 aromatic carbocycles. The summed E-state index contributed by atoms with van der Waals surface area (Å²) >= 11 is 0. The Labute approximate surface area is 95.8 Å². The molecule has 2 rings (SSSR count). The first-order valence-corrected chi connectivity index (χ1v) is 4.99. The number of rotatable bonds is 1. The molecule has 0 unspecified atom stereocenters. The number of hydrogen-bond donors (Lipinski definition) is 0. The van der Waals surface area contributed by atoms with Gasteiger partial charge in [0.1, 0.15) is 0 Å². The van der Waals surface area contributed by atoms with Crippen LogP contribution < -0.4 is 0 Å². The number of halogens is 3. The van der Waals surface area contributed by atoms with E-state index in [1.807, 2.05) is 0 Å². The van der Waals surface area contributed by atoms with Crippen molar-refractivity contribution in [2.45, 2.75) is 13.1 Å². The Kier molecular flexibility index (Phi) is 2.83. The van der Waals surface area contributed by atoms with E-state index in [2.05, 4.69) is 9.97 Å². The Morgan fingerprint density at radius 1 is 1.06 bits per heavy atom. The van der Waals surface area contributed by atoms with Crippen molar-refractivity contribution in [3.8, 4) is 0 Å². The molecule has 0 fully saturated rings. The third-order valence-corrected chi connectivity index (χ3v) is 2.19. The summed E-state index contributed by atoms with van der Waals surface area (Å²) in [6.45, 7) is 1.64. The van der Waals surface area contributed by atoms with Crippen LogP contribution >= 0.6 is 0 Å². The minimum atomic E-state index is -4.49. The largest absolute Gasteiger partial charge is 0.435 e. The Hall–Kier alpha value is -1.91. The Morgan fingerprint density at radius 3 is 2.18 bits per heavy atom. The molecule has 0 aliphatic carbocycles. The Balaban J connectivity index is 2.75. The summed E-state index contributed by atoms with van der Waals surface area (Å²) in [6.07, 6.45) is -1.68. The molecule has 1 heterocycles. The average molecular weight is 238 g/mol. The highest BCUT2D eigenvalue weighted by Crippen LogP contribution is 2.31. The molecule has 0 amide bonds. The lowest BCUT2D eigenvalue weighted by molar-refractivity contribution is -0.141. The molecule has 0 aliphatic rings. The summed E-state index contributed by atoms with van der Waals surface area (Å²) in [6, 6.07) is 6.49. The number of fused-ring (bicyclic) bond motifs is 1. The van der Waals surface area contributed by atoms with Gasteiger partial charge in [0.15, 0.2) is 5.69 Å². The third-order valence-electron chi connectivity index (χ3n) is 2.19. The van der Waals surface area contributed by atoms with Crippen molar-refractivity contribution in [2.75, 3.05) is 0 Å². The second-order valence-corrected chi connectivity index (χ2v) is 3.44. The molecule has 0 aliphatic heterocycles. The topological polar surface area (TPSA) is 25.8 Å². The van der Waals surface area contributed by atoms with Gasteiger partial charge in [-0.1, -0.05) is 18.2 Å². The van der Waals surface area contributed by atoms with Gasteiger partial charge in [0, 0.05) is 0 Å². The van der Waals surface area contributed by atoms with E-state index >= 15 is 0 Å². The lowest BCUT2D eigenvalue weighted by Crippen LogP contribution is -2.12. The summed E-state index contributed by atoms with van der Waals surface area (Å²) in [4.78, 5) is 7.59. The van der Waals surface area contributed by atoms with Gasteiger partial charge in [0.05, 0.1) is 16.7 Å². The van der Waals surface area contributed by atoms with Crippen LogP contribution in [0.25, 0.3) is 17.1 Å². The van der Waals surface area contributed by atoms with Crippen molar-refractivity contribution >= 4 is 17.1 Å². The van der Waals surface area contributed by atoms with Gasteiger partial charge in [-0.15, -0.1) is 0 Å². The van der Waals surface area contributed by atoms with Crippen LogP contribution in [0.4, 0.5) is 13.2 Å². The smallest absolute Gasteiger partial charge is 0.245 e. The molecule has 2 aromatic rings. The van der Waals surface area contributed by atoms with Crippen LogP contribution in [0.1, 0.15) is 18.3 Å². The summed E-state index contributed by atoms with van der Waals surface area (Å²) in [5.41, 5.74) is -0.408. The van der Waals surface area contributed by atoms with E-state index < -0.39 is 11.9 Å². The van der Waals surface area contributed by atoms with E-state index in [1.165, 1.54) is 18.2 Å². The quantitative estimate of drug-likeness (QED) is 0.757. The van der Waals surface area contributed by atoms with Gasteiger partial charge < -0.3 is 0 Å². The number of para-hydroxylation sites is 2. The molecule has 0 saturated heterocycles. The Morgan fingerprint density at radius 2 is 1.65 bits per heavy atom. The summed E-state index contributed by atoms with van der Waals surface area (Å²) < 4.78 is 38.3. The van der Waals surface area contributed by atoms with Gasteiger partial charge >= 0.3 is 6.18 Å². The molecule has 0 spiro atoms. The van der Waals surface area contributed by atoms with Gasteiger partial charge in [-0.25, -0.2) is 9.97 Å². The van der Waals surface area contributed by atoms with Crippen LogP contribution in [0.3, 0.4) is 0 Å². The number of aromatic nitrogens is 2. The van der Waals surface area contributed by atoms with Gasteiger partial charge in [-0.2, -0.15) is 13.2 Å². The zero-order valence-corrected chi connectivity index (χ0v) is 8.99. The van der Waals surface area contributed by atoms with Gasteiger partial charge in [-0.3, -0.25) is 0 Å². The van der Waals surface area contributed by atoms with Crippen LogP contribution in [0, 0.1) is 0 Å². The molecule has 0 bridgehead atoms. The first kappa shape index (κ1) is 11.6. The molecule has 0 radical (unpaired) electrons. The fraction of sp³-hybridized carbons (Fsp3) is 0.167. The lowest BCUT2D eigenvalue weighted by Gasteiger charge is -2.09. The molecule has 1 aromatic heterocycles. The third kappa shape index (κ3) is 2.27. The molecular weight excluding hydrogens is 229 g/mol. The second kappa shape index (κ2) is 4.16. The second-order valence-electron chi connectivity index (χ2n) is 3.44. The summed E-state index contributed by atoms with van der Waals surface area (Å²) in [7, 11) is 0. The molecule has 0 atom stereocenters. The number of hydrogen-bond acceptors (Lipinski definition) is 2. The standard InChI is InChI=1S/C12H9F3N2/c1-2-5-10-11(12(13,14)15)17-9-7-4-3-6-8(9)16-10/h2-7H,1H3.